The highest BCUT2D eigenvalue weighted by Crippen LogP contribution is 2.23. The van der Waals surface area contributed by atoms with Gasteiger partial charge in [0.15, 0.2) is 5.76 Å². The summed E-state index contributed by atoms with van der Waals surface area (Å²) >= 11 is 0. The van der Waals surface area contributed by atoms with Crippen LogP contribution in [0.1, 0.15) is 38.0 Å². The highest BCUT2D eigenvalue weighted by Gasteiger charge is 2.18. The van der Waals surface area contributed by atoms with Crippen LogP contribution in [0.3, 0.4) is 0 Å². The molecule has 0 aliphatic rings. The number of anilines is 2. The summed E-state index contributed by atoms with van der Waals surface area (Å²) in [6.07, 6.45) is 1.43. The lowest BCUT2D eigenvalue weighted by molar-refractivity contribution is 0.0994. The number of rotatable bonds is 4. The van der Waals surface area contributed by atoms with Crippen LogP contribution in [-0.4, -0.2) is 11.8 Å². The van der Waals surface area contributed by atoms with Gasteiger partial charge in [-0.25, -0.2) is 0 Å². The van der Waals surface area contributed by atoms with Gasteiger partial charge in [-0.3, -0.25) is 9.59 Å². The number of amides is 2. The van der Waals surface area contributed by atoms with Crippen molar-refractivity contribution < 1.29 is 18.4 Å². The third-order valence-corrected chi connectivity index (χ3v) is 3.91. The van der Waals surface area contributed by atoms with Gasteiger partial charge < -0.3 is 19.5 Å². The lowest BCUT2D eigenvalue weighted by Crippen LogP contribution is -2.14. The second-order valence-corrected chi connectivity index (χ2v) is 5.68. The highest BCUT2D eigenvalue weighted by molar-refractivity contribution is 6.07. The van der Waals surface area contributed by atoms with Crippen molar-refractivity contribution in [2.45, 2.75) is 20.8 Å². The van der Waals surface area contributed by atoms with Crippen molar-refractivity contribution in [1.29, 1.82) is 0 Å². The third kappa shape index (κ3) is 3.47. The summed E-state index contributed by atoms with van der Waals surface area (Å²) in [4.78, 5) is 24.5. The summed E-state index contributed by atoms with van der Waals surface area (Å²) in [5, 5.41) is 5.55. The molecule has 0 saturated heterocycles. The Kier molecular flexibility index (Phi) is 4.43. The van der Waals surface area contributed by atoms with E-state index in [2.05, 4.69) is 10.6 Å². The van der Waals surface area contributed by atoms with Crippen molar-refractivity contribution in [1.82, 2.24) is 0 Å². The van der Waals surface area contributed by atoms with Crippen molar-refractivity contribution in [3.63, 3.8) is 0 Å². The fraction of sp³-hybridized carbons (Fsp3) is 0.158. The molecule has 3 rings (SSSR count). The molecule has 128 valence electrons. The Bertz CT molecular complexity index is 923. The van der Waals surface area contributed by atoms with Crippen molar-refractivity contribution in [3.8, 4) is 0 Å². The van der Waals surface area contributed by atoms with Crippen molar-refractivity contribution in [3.05, 3.63) is 71.1 Å². The van der Waals surface area contributed by atoms with Gasteiger partial charge in [-0.1, -0.05) is 6.07 Å². The van der Waals surface area contributed by atoms with Gasteiger partial charge in [-0.2, -0.15) is 0 Å². The van der Waals surface area contributed by atoms with Gasteiger partial charge in [0.1, 0.15) is 11.5 Å². The van der Waals surface area contributed by atoms with Gasteiger partial charge in [-0.05, 0) is 51.1 Å². The number of carbonyl (C=O) groups excluding carboxylic acids is 2. The number of hydrogen-bond acceptors (Lipinski definition) is 4. The zero-order valence-electron chi connectivity index (χ0n) is 14.2. The standard InChI is InChI=1S/C19H18N2O4/c1-11-12(2)25-13(3)17(11)19(23)21-15-7-4-6-14(10-15)20-18(22)16-8-5-9-24-16/h4-10H,1-3H3,(H,20,22)(H,21,23). The molecule has 6 heteroatoms. The van der Waals surface area contributed by atoms with Crippen LogP contribution in [-0.2, 0) is 0 Å². The van der Waals surface area contributed by atoms with Crippen molar-refractivity contribution >= 4 is 23.2 Å². The smallest absolute Gasteiger partial charge is 0.291 e. The van der Waals surface area contributed by atoms with Gasteiger partial charge in [0.05, 0.1) is 11.8 Å². The summed E-state index contributed by atoms with van der Waals surface area (Å²) in [6, 6.07) is 10.1. The first kappa shape index (κ1) is 16.6. The van der Waals surface area contributed by atoms with Gasteiger partial charge in [0, 0.05) is 16.9 Å². The molecule has 6 nitrogen and oxygen atoms in total. The summed E-state index contributed by atoms with van der Waals surface area (Å²) < 4.78 is 10.6. The first-order chi connectivity index (χ1) is 12.0. The number of hydrogen-bond donors (Lipinski definition) is 2. The molecule has 0 saturated carbocycles. The van der Waals surface area contributed by atoms with E-state index in [0.717, 1.165) is 11.3 Å². The fourth-order valence-electron chi connectivity index (χ4n) is 2.60. The Morgan fingerprint density at radius 2 is 1.56 bits per heavy atom. The minimum Gasteiger partial charge on any atom is -0.466 e. The molecule has 2 amide bonds. The molecule has 2 aromatic heterocycles. The van der Waals surface area contributed by atoms with Crippen molar-refractivity contribution in [2.75, 3.05) is 10.6 Å². The second-order valence-electron chi connectivity index (χ2n) is 5.68. The van der Waals surface area contributed by atoms with Gasteiger partial charge >= 0.3 is 0 Å². The maximum Gasteiger partial charge on any atom is 0.291 e. The van der Waals surface area contributed by atoms with Gasteiger partial charge in [-0.15, -0.1) is 0 Å². The van der Waals surface area contributed by atoms with Crippen LogP contribution in [0, 0.1) is 20.8 Å². The number of carbonyl (C=O) groups is 2. The van der Waals surface area contributed by atoms with E-state index in [0.29, 0.717) is 22.7 Å². The first-order valence-corrected chi connectivity index (χ1v) is 7.78. The topological polar surface area (TPSA) is 84.5 Å². The Labute approximate surface area is 144 Å². The highest BCUT2D eigenvalue weighted by atomic mass is 16.3. The van der Waals surface area contributed by atoms with E-state index in [-0.39, 0.29) is 17.6 Å². The first-order valence-electron chi connectivity index (χ1n) is 7.78. The molecule has 25 heavy (non-hydrogen) atoms. The molecular weight excluding hydrogens is 320 g/mol. The Morgan fingerprint density at radius 1 is 0.880 bits per heavy atom. The molecule has 3 aromatic rings. The zero-order valence-corrected chi connectivity index (χ0v) is 14.2. The van der Waals surface area contributed by atoms with Crippen LogP contribution < -0.4 is 10.6 Å². The minimum absolute atomic E-state index is 0.217. The third-order valence-electron chi connectivity index (χ3n) is 3.91. The Morgan fingerprint density at radius 3 is 2.12 bits per heavy atom. The predicted molar refractivity (Wildman–Crippen MR) is 94.0 cm³/mol. The average molecular weight is 338 g/mol. The molecule has 0 fully saturated rings. The van der Waals surface area contributed by atoms with Crippen LogP contribution in [0.5, 0.6) is 0 Å². The molecule has 0 aliphatic heterocycles. The molecule has 2 heterocycles. The van der Waals surface area contributed by atoms with Crippen LogP contribution in [0.4, 0.5) is 11.4 Å². The van der Waals surface area contributed by atoms with Crippen LogP contribution in [0.2, 0.25) is 0 Å². The fourth-order valence-corrected chi connectivity index (χ4v) is 2.60. The molecule has 0 unspecified atom stereocenters. The molecule has 0 atom stereocenters. The number of aryl methyl sites for hydroxylation is 2. The quantitative estimate of drug-likeness (QED) is 0.742. The molecule has 0 aliphatic carbocycles. The summed E-state index contributed by atoms with van der Waals surface area (Å²) in [5.41, 5.74) is 2.47. The average Bonchev–Trinajstić information content (AvgIpc) is 3.17. The lowest BCUT2D eigenvalue weighted by Gasteiger charge is -2.08. The summed E-state index contributed by atoms with van der Waals surface area (Å²) in [6.45, 7) is 5.43. The lowest BCUT2D eigenvalue weighted by atomic mass is 10.1. The SMILES string of the molecule is Cc1oc(C)c(C(=O)Nc2cccc(NC(=O)c3ccco3)c2)c1C. The van der Waals surface area contributed by atoms with E-state index in [1.165, 1.54) is 6.26 Å². The summed E-state index contributed by atoms with van der Waals surface area (Å²) in [5.74, 6) is 0.915. The maximum absolute atomic E-state index is 12.5. The van der Waals surface area contributed by atoms with E-state index in [9.17, 15) is 9.59 Å². The molecule has 0 radical (unpaired) electrons. The van der Waals surface area contributed by atoms with Crippen molar-refractivity contribution in [2.24, 2.45) is 0 Å². The molecule has 0 bridgehead atoms. The maximum atomic E-state index is 12.5. The minimum atomic E-state index is -0.356. The number of furan rings is 2. The number of nitrogens with one attached hydrogen (secondary N) is 2. The van der Waals surface area contributed by atoms with Gasteiger partial charge in [0.25, 0.3) is 11.8 Å². The molecular formula is C19H18N2O4. The van der Waals surface area contributed by atoms with E-state index in [1.54, 1.807) is 43.3 Å². The molecule has 2 N–H and O–H groups in total. The van der Waals surface area contributed by atoms with Gasteiger partial charge in [0.2, 0.25) is 0 Å². The normalized spacial score (nSPS) is 10.5. The number of benzene rings is 1. The monoisotopic (exact) mass is 338 g/mol. The zero-order chi connectivity index (χ0) is 18.0. The Hall–Kier alpha value is -3.28. The van der Waals surface area contributed by atoms with Crippen LogP contribution in [0.15, 0.2) is 51.5 Å². The van der Waals surface area contributed by atoms with E-state index < -0.39 is 0 Å². The van der Waals surface area contributed by atoms with E-state index in [1.807, 2.05) is 13.8 Å². The summed E-state index contributed by atoms with van der Waals surface area (Å²) in [7, 11) is 0. The largest absolute Gasteiger partial charge is 0.466 e. The molecule has 0 spiro atoms. The second kappa shape index (κ2) is 6.68. The van der Waals surface area contributed by atoms with E-state index >= 15 is 0 Å². The van der Waals surface area contributed by atoms with E-state index in [4.69, 9.17) is 8.83 Å². The van der Waals surface area contributed by atoms with Crippen LogP contribution >= 0.6 is 0 Å². The van der Waals surface area contributed by atoms with Crippen LogP contribution in [0.25, 0.3) is 0 Å². The predicted octanol–water partition coefficient (Wildman–Crippen LogP) is 4.30. The molecule has 1 aromatic carbocycles. The Balaban J connectivity index is 1.75.